The van der Waals surface area contributed by atoms with Crippen molar-refractivity contribution in [1.29, 1.82) is 0 Å². The Labute approximate surface area is 119 Å². The summed E-state index contributed by atoms with van der Waals surface area (Å²) in [5.74, 6) is 0. The summed E-state index contributed by atoms with van der Waals surface area (Å²) < 4.78 is 31.8. The Morgan fingerprint density at radius 1 is 1.32 bits per heavy atom. The molecule has 19 heavy (non-hydrogen) atoms. The zero-order chi connectivity index (χ0) is 13.9. The summed E-state index contributed by atoms with van der Waals surface area (Å²) in [4.78, 5) is 0.134. The summed E-state index contributed by atoms with van der Waals surface area (Å²) in [5.41, 5.74) is 0.523. The number of rotatable bonds is 5. The van der Waals surface area contributed by atoms with Crippen LogP contribution in [0.25, 0.3) is 0 Å². The second-order valence-electron chi connectivity index (χ2n) is 3.85. The standard InChI is InChI=1S/C12H12BrNO4S/c13-10-3-1-2-4-12(10)19(16,17)14-7-11(15)9-5-6-18-8-9/h1-6,8,11,14-15H,7H2/t11-/m0/s1. The van der Waals surface area contributed by atoms with E-state index < -0.39 is 16.1 Å². The number of halogens is 1. The summed E-state index contributed by atoms with van der Waals surface area (Å²) in [6.45, 7) is -0.122. The van der Waals surface area contributed by atoms with Crippen LogP contribution in [0.15, 0.2) is 56.6 Å². The normalized spacial score (nSPS) is 13.4. The van der Waals surface area contributed by atoms with Crippen LogP contribution in [0.1, 0.15) is 11.7 Å². The van der Waals surface area contributed by atoms with E-state index in [2.05, 4.69) is 20.7 Å². The van der Waals surface area contributed by atoms with Gasteiger partial charge in [0.05, 0.1) is 23.5 Å². The fraction of sp³-hybridized carbons (Fsp3) is 0.167. The molecule has 0 saturated carbocycles. The van der Waals surface area contributed by atoms with E-state index in [-0.39, 0.29) is 11.4 Å². The maximum Gasteiger partial charge on any atom is 0.241 e. The van der Waals surface area contributed by atoms with Crippen molar-refractivity contribution in [3.05, 3.63) is 52.9 Å². The molecule has 2 aromatic rings. The largest absolute Gasteiger partial charge is 0.472 e. The lowest BCUT2D eigenvalue weighted by Crippen LogP contribution is -2.28. The Morgan fingerprint density at radius 2 is 2.05 bits per heavy atom. The Kier molecular flexibility index (Phi) is 4.41. The van der Waals surface area contributed by atoms with E-state index in [0.717, 1.165) is 0 Å². The molecule has 0 bridgehead atoms. The van der Waals surface area contributed by atoms with Gasteiger partial charge in [0.25, 0.3) is 0 Å². The molecular formula is C12H12BrNO4S. The van der Waals surface area contributed by atoms with Gasteiger partial charge in [-0.25, -0.2) is 13.1 Å². The summed E-state index contributed by atoms with van der Waals surface area (Å²) >= 11 is 3.18. The molecule has 2 N–H and O–H groups in total. The van der Waals surface area contributed by atoms with E-state index in [1.165, 1.54) is 18.6 Å². The predicted molar refractivity (Wildman–Crippen MR) is 73.0 cm³/mol. The number of furan rings is 1. The average Bonchev–Trinajstić information content (AvgIpc) is 2.90. The lowest BCUT2D eigenvalue weighted by Gasteiger charge is -2.11. The van der Waals surface area contributed by atoms with Gasteiger partial charge in [-0.05, 0) is 34.1 Å². The fourth-order valence-electron chi connectivity index (χ4n) is 1.51. The quantitative estimate of drug-likeness (QED) is 0.869. The first kappa shape index (κ1) is 14.3. The van der Waals surface area contributed by atoms with E-state index >= 15 is 0 Å². The smallest absolute Gasteiger partial charge is 0.241 e. The predicted octanol–water partition coefficient (Wildman–Crippen LogP) is 2.05. The molecule has 0 aliphatic heterocycles. The zero-order valence-electron chi connectivity index (χ0n) is 9.78. The fourth-order valence-corrected chi connectivity index (χ4v) is 3.55. The van der Waals surface area contributed by atoms with Crippen LogP contribution in [-0.2, 0) is 10.0 Å². The van der Waals surface area contributed by atoms with Crippen LogP contribution in [0.2, 0.25) is 0 Å². The van der Waals surface area contributed by atoms with Crippen molar-refractivity contribution in [3.8, 4) is 0 Å². The van der Waals surface area contributed by atoms with Crippen molar-refractivity contribution >= 4 is 26.0 Å². The Balaban J connectivity index is 2.09. The second-order valence-corrected chi connectivity index (χ2v) is 6.44. The molecule has 2 rings (SSSR count). The minimum absolute atomic E-state index is 0.122. The molecule has 1 atom stereocenters. The number of hydrogen-bond acceptors (Lipinski definition) is 4. The van der Waals surface area contributed by atoms with Gasteiger partial charge in [0.15, 0.2) is 0 Å². The van der Waals surface area contributed by atoms with Crippen molar-refractivity contribution in [3.63, 3.8) is 0 Å². The van der Waals surface area contributed by atoms with Crippen LogP contribution in [0, 0.1) is 0 Å². The van der Waals surface area contributed by atoms with Gasteiger partial charge in [-0.1, -0.05) is 12.1 Å². The van der Waals surface area contributed by atoms with Crippen molar-refractivity contribution < 1.29 is 17.9 Å². The van der Waals surface area contributed by atoms with Crippen molar-refractivity contribution in [1.82, 2.24) is 4.72 Å². The highest BCUT2D eigenvalue weighted by molar-refractivity contribution is 9.10. The maximum absolute atomic E-state index is 12.1. The van der Waals surface area contributed by atoms with E-state index in [0.29, 0.717) is 10.0 Å². The molecule has 0 spiro atoms. The molecule has 1 aromatic carbocycles. The Bertz CT molecular complexity index is 640. The summed E-state index contributed by atoms with van der Waals surface area (Å²) in [7, 11) is -3.66. The van der Waals surface area contributed by atoms with Crippen molar-refractivity contribution in [2.24, 2.45) is 0 Å². The van der Waals surface area contributed by atoms with Crippen molar-refractivity contribution in [2.45, 2.75) is 11.0 Å². The van der Waals surface area contributed by atoms with Gasteiger partial charge >= 0.3 is 0 Å². The SMILES string of the molecule is O=S(=O)(NC[C@H](O)c1ccoc1)c1ccccc1Br. The second kappa shape index (κ2) is 5.87. The average molecular weight is 346 g/mol. The summed E-state index contributed by atoms with van der Waals surface area (Å²) in [6, 6.07) is 8.06. The zero-order valence-corrected chi connectivity index (χ0v) is 12.2. The topological polar surface area (TPSA) is 79.5 Å². The number of hydrogen-bond donors (Lipinski definition) is 2. The van der Waals surface area contributed by atoms with Crippen LogP contribution < -0.4 is 4.72 Å². The van der Waals surface area contributed by atoms with Gasteiger partial charge in [0.2, 0.25) is 10.0 Å². The third-order valence-corrected chi connectivity index (χ3v) is 4.96. The van der Waals surface area contributed by atoms with Gasteiger partial charge in [-0.3, -0.25) is 0 Å². The van der Waals surface area contributed by atoms with Crippen LogP contribution in [0.5, 0.6) is 0 Å². The number of benzene rings is 1. The van der Waals surface area contributed by atoms with E-state index in [4.69, 9.17) is 4.42 Å². The molecule has 0 unspecified atom stereocenters. The first-order chi connectivity index (χ1) is 9.00. The lowest BCUT2D eigenvalue weighted by atomic mass is 10.2. The summed E-state index contributed by atoms with van der Waals surface area (Å²) in [6.07, 6.45) is 1.84. The van der Waals surface area contributed by atoms with Gasteiger partial charge in [0, 0.05) is 16.6 Å². The summed E-state index contributed by atoms with van der Waals surface area (Å²) in [5, 5.41) is 9.79. The van der Waals surface area contributed by atoms with Crippen LogP contribution in [0.3, 0.4) is 0 Å². The van der Waals surface area contributed by atoms with Crippen LogP contribution >= 0.6 is 15.9 Å². The highest BCUT2D eigenvalue weighted by atomic mass is 79.9. The molecule has 0 aliphatic rings. The lowest BCUT2D eigenvalue weighted by molar-refractivity contribution is 0.181. The third-order valence-electron chi connectivity index (χ3n) is 2.52. The molecule has 0 saturated heterocycles. The first-order valence-electron chi connectivity index (χ1n) is 5.45. The van der Waals surface area contributed by atoms with Crippen molar-refractivity contribution in [2.75, 3.05) is 6.54 Å². The highest BCUT2D eigenvalue weighted by Crippen LogP contribution is 2.21. The molecule has 102 valence electrons. The molecule has 5 nitrogen and oxygen atoms in total. The van der Waals surface area contributed by atoms with Crippen LogP contribution in [-0.4, -0.2) is 20.1 Å². The van der Waals surface area contributed by atoms with Gasteiger partial charge in [0.1, 0.15) is 0 Å². The van der Waals surface area contributed by atoms with Gasteiger partial charge in [-0.15, -0.1) is 0 Å². The number of aliphatic hydroxyl groups excluding tert-OH is 1. The first-order valence-corrected chi connectivity index (χ1v) is 7.72. The Hall–Kier alpha value is -1.15. The molecule has 7 heteroatoms. The molecule has 1 heterocycles. The number of nitrogens with one attached hydrogen (secondary N) is 1. The monoisotopic (exact) mass is 345 g/mol. The molecule has 0 aliphatic carbocycles. The van der Waals surface area contributed by atoms with Crippen LogP contribution in [0.4, 0.5) is 0 Å². The number of aliphatic hydroxyl groups is 1. The molecule has 0 amide bonds. The minimum Gasteiger partial charge on any atom is -0.472 e. The van der Waals surface area contributed by atoms with E-state index in [9.17, 15) is 13.5 Å². The highest BCUT2D eigenvalue weighted by Gasteiger charge is 2.19. The molecular weight excluding hydrogens is 334 g/mol. The molecule has 1 aromatic heterocycles. The minimum atomic E-state index is -3.66. The molecule has 0 fully saturated rings. The third kappa shape index (κ3) is 3.44. The van der Waals surface area contributed by atoms with Gasteiger partial charge in [-0.2, -0.15) is 0 Å². The molecule has 0 radical (unpaired) electrons. The van der Waals surface area contributed by atoms with E-state index in [1.54, 1.807) is 24.3 Å². The Morgan fingerprint density at radius 3 is 2.68 bits per heavy atom. The van der Waals surface area contributed by atoms with E-state index in [1.807, 2.05) is 0 Å². The maximum atomic E-state index is 12.1. The number of sulfonamides is 1. The van der Waals surface area contributed by atoms with Gasteiger partial charge < -0.3 is 9.52 Å².